The van der Waals surface area contributed by atoms with Gasteiger partial charge in [0.25, 0.3) is 0 Å². The van der Waals surface area contributed by atoms with Crippen molar-refractivity contribution in [3.05, 3.63) is 10.3 Å². The second-order valence-electron chi connectivity index (χ2n) is 3.76. The zero-order valence-corrected chi connectivity index (χ0v) is 11.8. The molecule has 6 heteroatoms. The van der Waals surface area contributed by atoms with Crippen LogP contribution in [-0.2, 0) is 11.8 Å². The molecule has 5 nitrogen and oxygen atoms in total. The smallest absolute Gasteiger partial charge is 0.153 e. The summed E-state index contributed by atoms with van der Waals surface area (Å²) in [6.45, 7) is 5.11. The van der Waals surface area contributed by atoms with Crippen molar-refractivity contribution < 1.29 is 4.74 Å². The maximum Gasteiger partial charge on any atom is 0.153 e. The van der Waals surface area contributed by atoms with E-state index in [9.17, 15) is 0 Å². The molecule has 1 aromatic rings. The van der Waals surface area contributed by atoms with Gasteiger partial charge in [0.15, 0.2) is 4.60 Å². The highest BCUT2D eigenvalue weighted by Gasteiger charge is 2.24. The van der Waals surface area contributed by atoms with E-state index in [2.05, 4.69) is 38.5 Å². The van der Waals surface area contributed by atoms with Crippen LogP contribution >= 0.6 is 15.9 Å². The lowest BCUT2D eigenvalue weighted by Gasteiger charge is -2.24. The first-order valence-electron chi connectivity index (χ1n) is 5.43. The average Bonchev–Trinajstić information content (AvgIpc) is 2.60. The van der Waals surface area contributed by atoms with Crippen LogP contribution in [-0.4, -0.2) is 34.8 Å². The molecule has 2 atom stereocenters. The summed E-state index contributed by atoms with van der Waals surface area (Å²) in [5, 5.41) is 11.4. The second-order valence-corrected chi connectivity index (χ2v) is 4.51. The number of aryl methyl sites for hydroxylation is 1. The van der Waals surface area contributed by atoms with Gasteiger partial charge in [0, 0.05) is 14.2 Å². The zero-order chi connectivity index (χ0) is 12.1. The number of ether oxygens (including phenoxy) is 1. The Morgan fingerprint density at radius 2 is 2.25 bits per heavy atom. The number of methoxy groups -OCH3 is 1. The molecule has 1 aromatic heterocycles. The lowest BCUT2D eigenvalue weighted by atomic mass is 10.1. The molecule has 1 heterocycles. The van der Waals surface area contributed by atoms with Crippen LogP contribution in [0, 0.1) is 0 Å². The van der Waals surface area contributed by atoms with Crippen molar-refractivity contribution in [2.45, 2.75) is 32.4 Å². The van der Waals surface area contributed by atoms with Gasteiger partial charge in [-0.2, -0.15) is 0 Å². The zero-order valence-electron chi connectivity index (χ0n) is 10.2. The third-order valence-electron chi connectivity index (χ3n) is 2.58. The van der Waals surface area contributed by atoms with E-state index in [0.717, 1.165) is 23.3 Å². The maximum atomic E-state index is 5.39. The number of rotatable bonds is 6. The van der Waals surface area contributed by atoms with Gasteiger partial charge in [0.2, 0.25) is 0 Å². The molecule has 2 unspecified atom stereocenters. The van der Waals surface area contributed by atoms with Gasteiger partial charge in [-0.05, 0) is 35.8 Å². The lowest BCUT2D eigenvalue weighted by molar-refractivity contribution is 0.0801. The van der Waals surface area contributed by atoms with E-state index in [1.807, 2.05) is 14.0 Å². The normalized spacial score (nSPS) is 15.1. The highest BCUT2D eigenvalue weighted by molar-refractivity contribution is 9.10. The summed E-state index contributed by atoms with van der Waals surface area (Å²) in [4.78, 5) is 0. The molecule has 0 spiro atoms. The highest BCUT2D eigenvalue weighted by Crippen LogP contribution is 2.24. The summed E-state index contributed by atoms with van der Waals surface area (Å²) in [6, 6.07) is 0.0966. The van der Waals surface area contributed by atoms with Crippen LogP contribution in [0.5, 0.6) is 0 Å². The molecule has 0 aliphatic heterocycles. The van der Waals surface area contributed by atoms with Gasteiger partial charge < -0.3 is 10.1 Å². The lowest BCUT2D eigenvalue weighted by Crippen LogP contribution is -2.33. The Kier molecular flexibility index (Phi) is 5.37. The van der Waals surface area contributed by atoms with Crippen molar-refractivity contribution in [1.29, 1.82) is 0 Å². The topological polar surface area (TPSA) is 52.0 Å². The first-order chi connectivity index (χ1) is 7.61. The fourth-order valence-electron chi connectivity index (χ4n) is 1.59. The molecule has 0 amide bonds. The SMILES string of the molecule is CCCNC(c1c(Br)nnn1C)C(C)OC. The van der Waals surface area contributed by atoms with Crippen LogP contribution in [0.15, 0.2) is 4.60 Å². The largest absolute Gasteiger partial charge is 0.380 e. The van der Waals surface area contributed by atoms with Gasteiger partial charge in [-0.15, -0.1) is 5.10 Å². The second kappa shape index (κ2) is 6.32. The minimum Gasteiger partial charge on any atom is -0.380 e. The van der Waals surface area contributed by atoms with Crippen LogP contribution in [0.25, 0.3) is 0 Å². The molecule has 1 N–H and O–H groups in total. The Bertz CT molecular complexity index is 309. The van der Waals surface area contributed by atoms with Crippen LogP contribution in [0.4, 0.5) is 0 Å². The van der Waals surface area contributed by atoms with Gasteiger partial charge in [-0.3, -0.25) is 0 Å². The number of nitrogens with zero attached hydrogens (tertiary/aromatic N) is 3. The summed E-state index contributed by atoms with van der Waals surface area (Å²) in [7, 11) is 3.60. The molecular formula is C10H19BrN4O. The standard InChI is InChI=1S/C10H19BrN4O/c1-5-6-12-8(7(2)16-4)9-10(11)13-14-15(9)3/h7-8,12H,5-6H2,1-4H3. The predicted octanol–water partition coefficient (Wildman–Crippen LogP) is 1.65. The van der Waals surface area contributed by atoms with Crippen LogP contribution in [0.2, 0.25) is 0 Å². The molecule has 0 aliphatic rings. The molecule has 0 aromatic carbocycles. The summed E-state index contributed by atoms with van der Waals surface area (Å²) in [5.74, 6) is 0. The molecule has 0 radical (unpaired) electrons. The third kappa shape index (κ3) is 3.02. The Morgan fingerprint density at radius 1 is 1.56 bits per heavy atom. The Labute approximate surface area is 105 Å². The molecule has 0 bridgehead atoms. The van der Waals surface area contributed by atoms with Crippen molar-refractivity contribution in [2.24, 2.45) is 7.05 Å². The van der Waals surface area contributed by atoms with E-state index in [4.69, 9.17) is 4.74 Å². The predicted molar refractivity (Wildman–Crippen MR) is 66.2 cm³/mol. The van der Waals surface area contributed by atoms with Gasteiger partial charge >= 0.3 is 0 Å². The van der Waals surface area contributed by atoms with E-state index in [1.165, 1.54) is 0 Å². The molecule has 0 fully saturated rings. The van der Waals surface area contributed by atoms with Gasteiger partial charge in [0.1, 0.15) is 0 Å². The quantitative estimate of drug-likeness (QED) is 0.866. The Balaban J connectivity index is 2.91. The van der Waals surface area contributed by atoms with Crippen LogP contribution < -0.4 is 5.32 Å². The summed E-state index contributed by atoms with van der Waals surface area (Å²) < 4.78 is 7.93. The van der Waals surface area contributed by atoms with Crippen molar-refractivity contribution in [3.8, 4) is 0 Å². The molecule has 92 valence electrons. The fraction of sp³-hybridized carbons (Fsp3) is 0.800. The van der Waals surface area contributed by atoms with Gasteiger partial charge in [-0.1, -0.05) is 12.1 Å². The molecule has 0 saturated carbocycles. The van der Waals surface area contributed by atoms with Crippen molar-refractivity contribution in [3.63, 3.8) is 0 Å². The van der Waals surface area contributed by atoms with Crippen molar-refractivity contribution in [2.75, 3.05) is 13.7 Å². The van der Waals surface area contributed by atoms with Crippen molar-refractivity contribution >= 4 is 15.9 Å². The number of halogens is 1. The molecule has 16 heavy (non-hydrogen) atoms. The number of hydrogen-bond donors (Lipinski definition) is 1. The van der Waals surface area contributed by atoms with Crippen LogP contribution in [0.1, 0.15) is 32.0 Å². The Morgan fingerprint density at radius 3 is 2.69 bits per heavy atom. The van der Waals surface area contributed by atoms with E-state index in [1.54, 1.807) is 11.8 Å². The number of hydrogen-bond acceptors (Lipinski definition) is 4. The first kappa shape index (κ1) is 13.6. The average molecular weight is 291 g/mol. The van der Waals surface area contributed by atoms with E-state index in [-0.39, 0.29) is 12.1 Å². The van der Waals surface area contributed by atoms with E-state index >= 15 is 0 Å². The monoisotopic (exact) mass is 290 g/mol. The van der Waals surface area contributed by atoms with Gasteiger partial charge in [-0.25, -0.2) is 4.68 Å². The van der Waals surface area contributed by atoms with Crippen molar-refractivity contribution in [1.82, 2.24) is 20.3 Å². The van der Waals surface area contributed by atoms with Crippen LogP contribution in [0.3, 0.4) is 0 Å². The molecule has 1 rings (SSSR count). The minimum absolute atomic E-state index is 0.0695. The maximum absolute atomic E-state index is 5.39. The molecule has 0 saturated heterocycles. The summed E-state index contributed by atoms with van der Waals surface area (Å²) in [6.07, 6.45) is 1.15. The first-order valence-corrected chi connectivity index (χ1v) is 6.22. The van der Waals surface area contributed by atoms with E-state index < -0.39 is 0 Å². The summed E-state index contributed by atoms with van der Waals surface area (Å²) in [5.41, 5.74) is 1.02. The highest BCUT2D eigenvalue weighted by atomic mass is 79.9. The summed E-state index contributed by atoms with van der Waals surface area (Å²) >= 11 is 3.42. The van der Waals surface area contributed by atoms with E-state index in [0.29, 0.717) is 0 Å². The van der Waals surface area contributed by atoms with Gasteiger partial charge in [0.05, 0.1) is 17.8 Å². The molecular weight excluding hydrogens is 272 g/mol. The Hall–Kier alpha value is -0.460. The fourth-order valence-corrected chi connectivity index (χ4v) is 2.16. The minimum atomic E-state index is 0.0695. The third-order valence-corrected chi connectivity index (χ3v) is 3.14. The number of nitrogens with one attached hydrogen (secondary N) is 1. The molecule has 0 aliphatic carbocycles. The number of aromatic nitrogens is 3.